The molecular weight excluding hydrogens is 479 g/mol. The molecular formula is C24H32Cl2N4O4. The Labute approximate surface area is 213 Å². The first kappa shape index (κ1) is 27.7. The first-order chi connectivity index (χ1) is 15.4. The van der Waals surface area contributed by atoms with Gasteiger partial charge in [0.1, 0.15) is 50.8 Å². The van der Waals surface area contributed by atoms with E-state index < -0.39 is 0 Å². The van der Waals surface area contributed by atoms with Crippen LogP contribution in [0, 0.1) is 0 Å². The van der Waals surface area contributed by atoms with Crippen LogP contribution in [-0.2, 0) is 9.59 Å². The lowest BCUT2D eigenvalue weighted by molar-refractivity contribution is -1.07. The minimum atomic E-state index is 0. The third-order valence-electron chi connectivity index (χ3n) is 6.85. The van der Waals surface area contributed by atoms with Crippen molar-refractivity contribution in [2.75, 3.05) is 77.2 Å². The van der Waals surface area contributed by atoms with Crippen LogP contribution in [-0.4, -0.2) is 87.4 Å². The molecule has 34 heavy (non-hydrogen) atoms. The third-order valence-corrected chi connectivity index (χ3v) is 6.85. The number of carbonyl (C=O) groups is 2. The van der Waals surface area contributed by atoms with Crippen molar-refractivity contribution < 1.29 is 52.8 Å². The fourth-order valence-corrected chi connectivity index (χ4v) is 4.78. The van der Waals surface area contributed by atoms with E-state index in [1.54, 1.807) is 14.2 Å². The summed E-state index contributed by atoms with van der Waals surface area (Å²) in [7, 11) is 3.25. The van der Waals surface area contributed by atoms with E-state index in [0.29, 0.717) is 13.1 Å². The number of rotatable bonds is 8. The van der Waals surface area contributed by atoms with Gasteiger partial charge in [-0.15, -0.1) is 0 Å². The fraction of sp³-hybridized carbons (Fsp3) is 0.417. The summed E-state index contributed by atoms with van der Waals surface area (Å²) in [6.07, 6.45) is 0. The monoisotopic (exact) mass is 510 g/mol. The maximum atomic E-state index is 12.7. The molecule has 0 aromatic heterocycles. The normalized spacial score (nSPS) is 22.5. The summed E-state index contributed by atoms with van der Waals surface area (Å²) in [5, 5.41) is 6.01. The summed E-state index contributed by atoms with van der Waals surface area (Å²) in [6.45, 7) is 6.49. The zero-order valence-corrected chi connectivity index (χ0v) is 21.1. The number of anilines is 2. The number of quaternary nitrogens is 2. The predicted octanol–water partition coefficient (Wildman–Crippen LogP) is -4.05. The molecule has 3 fully saturated rings. The molecule has 5 rings (SSSR count). The highest BCUT2D eigenvalue weighted by atomic mass is 35.5. The summed E-state index contributed by atoms with van der Waals surface area (Å²) >= 11 is 0. The summed E-state index contributed by atoms with van der Waals surface area (Å²) < 4.78 is 11.9. The van der Waals surface area contributed by atoms with E-state index in [9.17, 15) is 9.59 Å². The van der Waals surface area contributed by atoms with Gasteiger partial charge in [-0.3, -0.25) is 9.59 Å². The quantitative estimate of drug-likeness (QED) is 0.354. The van der Waals surface area contributed by atoms with E-state index in [2.05, 4.69) is 10.6 Å². The van der Waals surface area contributed by atoms with Gasteiger partial charge in [0.25, 0.3) is 11.8 Å². The van der Waals surface area contributed by atoms with Gasteiger partial charge in [0.15, 0.2) is 13.1 Å². The van der Waals surface area contributed by atoms with E-state index in [4.69, 9.17) is 9.47 Å². The van der Waals surface area contributed by atoms with Crippen LogP contribution in [0.15, 0.2) is 48.5 Å². The molecule has 2 bridgehead atoms. The Morgan fingerprint density at radius 3 is 1.21 bits per heavy atom. The second-order valence-electron chi connectivity index (χ2n) is 8.89. The molecule has 0 unspecified atom stereocenters. The highest BCUT2D eigenvalue weighted by Gasteiger charge is 2.50. The van der Waals surface area contributed by atoms with Gasteiger partial charge < -0.3 is 53.9 Å². The number of fused-ring (bicyclic) bond motifs is 3. The molecule has 0 aliphatic carbocycles. The largest absolute Gasteiger partial charge is 1.00 e. The van der Waals surface area contributed by atoms with Gasteiger partial charge in [0, 0.05) is 11.4 Å². The molecule has 2 amide bonds. The van der Waals surface area contributed by atoms with Crippen LogP contribution in [0.3, 0.4) is 0 Å². The SMILES string of the molecule is COc1ccc(NC(=O)C[N+]23CC[N+](CC(=O)Nc4ccc(OC)cc4)(CC2)CC3)cc1.[Cl-].[Cl-]. The molecule has 3 aliphatic heterocycles. The highest BCUT2D eigenvalue weighted by Crippen LogP contribution is 2.27. The first-order valence-corrected chi connectivity index (χ1v) is 11.0. The molecule has 0 spiro atoms. The van der Waals surface area contributed by atoms with Gasteiger partial charge in [0.05, 0.1) is 14.2 Å². The molecule has 3 saturated heterocycles. The fourth-order valence-electron chi connectivity index (χ4n) is 4.78. The van der Waals surface area contributed by atoms with E-state index in [1.165, 1.54) is 0 Å². The van der Waals surface area contributed by atoms with Crippen molar-refractivity contribution in [2.45, 2.75) is 0 Å². The van der Waals surface area contributed by atoms with Gasteiger partial charge in [0.2, 0.25) is 0 Å². The van der Waals surface area contributed by atoms with Crippen molar-refractivity contribution in [3.05, 3.63) is 48.5 Å². The molecule has 0 radical (unpaired) electrons. The van der Waals surface area contributed by atoms with Gasteiger partial charge in [-0.1, -0.05) is 0 Å². The highest BCUT2D eigenvalue weighted by molar-refractivity contribution is 5.92. The van der Waals surface area contributed by atoms with E-state index in [1.807, 2.05) is 48.5 Å². The van der Waals surface area contributed by atoms with Crippen molar-refractivity contribution >= 4 is 23.2 Å². The number of ether oxygens (including phenoxy) is 2. The topological polar surface area (TPSA) is 76.7 Å². The number of benzene rings is 2. The average molecular weight is 511 g/mol. The molecule has 2 aromatic carbocycles. The van der Waals surface area contributed by atoms with Crippen molar-refractivity contribution in [2.24, 2.45) is 0 Å². The molecule has 3 aliphatic rings. The molecule has 8 nitrogen and oxygen atoms in total. The van der Waals surface area contributed by atoms with Gasteiger partial charge >= 0.3 is 0 Å². The lowest BCUT2D eigenvalue weighted by Crippen LogP contribution is -3.00. The number of hydrogen-bond acceptors (Lipinski definition) is 4. The smallest absolute Gasteiger partial charge is 0.279 e. The third kappa shape index (κ3) is 6.54. The number of hydrogen-bond donors (Lipinski definition) is 2. The maximum Gasteiger partial charge on any atom is 0.279 e. The number of carbonyl (C=O) groups excluding carboxylic acids is 2. The lowest BCUT2D eigenvalue weighted by atomic mass is 10.1. The van der Waals surface area contributed by atoms with Crippen molar-refractivity contribution in [3.8, 4) is 11.5 Å². The summed E-state index contributed by atoms with van der Waals surface area (Å²) in [4.78, 5) is 25.4. The van der Waals surface area contributed by atoms with E-state index in [0.717, 1.165) is 71.1 Å². The average Bonchev–Trinajstić information content (AvgIpc) is 2.81. The van der Waals surface area contributed by atoms with Crippen LogP contribution >= 0.6 is 0 Å². The minimum absolute atomic E-state index is 0. The molecule has 2 aromatic rings. The van der Waals surface area contributed by atoms with Crippen LogP contribution in [0.4, 0.5) is 11.4 Å². The van der Waals surface area contributed by atoms with E-state index >= 15 is 0 Å². The predicted molar refractivity (Wildman–Crippen MR) is 123 cm³/mol. The number of nitrogens with one attached hydrogen (secondary N) is 2. The number of nitrogens with zero attached hydrogens (tertiary/aromatic N) is 2. The van der Waals surface area contributed by atoms with Crippen LogP contribution in [0.1, 0.15) is 0 Å². The molecule has 2 N–H and O–H groups in total. The Kier molecular flexibility index (Phi) is 9.58. The first-order valence-electron chi connectivity index (χ1n) is 11.0. The number of amides is 2. The second-order valence-corrected chi connectivity index (χ2v) is 8.89. The molecule has 0 atom stereocenters. The van der Waals surface area contributed by atoms with Crippen LogP contribution in [0.2, 0.25) is 0 Å². The minimum Gasteiger partial charge on any atom is -1.00 e. The molecule has 0 saturated carbocycles. The Morgan fingerprint density at radius 1 is 0.647 bits per heavy atom. The Hall–Kier alpha value is -2.52. The number of methoxy groups -OCH3 is 2. The van der Waals surface area contributed by atoms with Crippen LogP contribution in [0.25, 0.3) is 0 Å². The summed E-state index contributed by atoms with van der Waals surface area (Å²) in [5.41, 5.74) is 1.56. The van der Waals surface area contributed by atoms with Crippen molar-refractivity contribution in [3.63, 3.8) is 0 Å². The Bertz CT molecular complexity index is 866. The zero-order chi connectivity index (χ0) is 22.6. The summed E-state index contributed by atoms with van der Waals surface area (Å²) in [5.74, 6) is 1.60. The van der Waals surface area contributed by atoms with Crippen LogP contribution in [0.5, 0.6) is 11.5 Å². The van der Waals surface area contributed by atoms with Crippen molar-refractivity contribution in [1.29, 1.82) is 0 Å². The van der Waals surface area contributed by atoms with Gasteiger partial charge in [-0.2, -0.15) is 0 Å². The Balaban J connectivity index is 0.00000204. The van der Waals surface area contributed by atoms with Gasteiger partial charge in [-0.25, -0.2) is 0 Å². The van der Waals surface area contributed by atoms with Crippen LogP contribution < -0.4 is 44.9 Å². The molecule has 10 heteroatoms. The Morgan fingerprint density at radius 2 is 0.941 bits per heavy atom. The van der Waals surface area contributed by atoms with Gasteiger partial charge in [-0.05, 0) is 48.5 Å². The lowest BCUT2D eigenvalue weighted by Gasteiger charge is -2.54. The standard InChI is InChI=1S/C24H30N4O4.2ClH/c1-31-21-7-3-19(4-8-21)25-23(29)17-27-11-14-28(15-12-27,16-13-27)18-24(30)26-20-5-9-22(32-2)10-6-20;;/h3-10H,11-18H2,1-2H3;2*1H. The second kappa shape index (κ2) is 11.8. The number of piperazine rings is 3. The summed E-state index contributed by atoms with van der Waals surface area (Å²) in [6, 6.07) is 14.8. The zero-order valence-electron chi connectivity index (χ0n) is 19.6. The number of halogens is 2. The molecule has 3 heterocycles. The van der Waals surface area contributed by atoms with E-state index in [-0.39, 0.29) is 36.6 Å². The van der Waals surface area contributed by atoms with Crippen molar-refractivity contribution in [1.82, 2.24) is 0 Å². The molecule has 186 valence electrons. The maximum absolute atomic E-state index is 12.7.